The monoisotopic (exact) mass is 357 g/mol. The van der Waals surface area contributed by atoms with E-state index >= 15 is 0 Å². The zero-order valence-electron chi connectivity index (χ0n) is 15.7. The van der Waals surface area contributed by atoms with Gasteiger partial charge in [-0.2, -0.15) is 0 Å². The Kier molecular flexibility index (Phi) is 5.30. The molecule has 0 spiro atoms. The molecule has 1 aliphatic heterocycles. The topological polar surface area (TPSA) is 75.4 Å². The van der Waals surface area contributed by atoms with Gasteiger partial charge in [0, 0.05) is 37.4 Å². The molecule has 1 aromatic carbocycles. The molecule has 6 nitrogen and oxygen atoms in total. The highest BCUT2D eigenvalue weighted by atomic mass is 16.3. The number of amides is 2. The van der Waals surface area contributed by atoms with Gasteiger partial charge in [0.2, 0.25) is 11.8 Å². The number of hydrogen-bond donors (Lipinski definition) is 1. The van der Waals surface area contributed by atoms with Gasteiger partial charge < -0.3 is 14.6 Å². The average molecular weight is 357 g/mol. The Morgan fingerprint density at radius 1 is 1.23 bits per heavy atom. The Balaban J connectivity index is 1.47. The number of benzene rings is 1. The predicted molar refractivity (Wildman–Crippen MR) is 99.6 cm³/mol. The first-order valence-electron chi connectivity index (χ1n) is 9.26. The summed E-state index contributed by atoms with van der Waals surface area (Å²) in [6, 6.07) is 7.77. The van der Waals surface area contributed by atoms with Crippen LogP contribution >= 0.6 is 0 Å². The molecule has 2 amide bonds. The third-order valence-electron chi connectivity index (χ3n) is 4.81. The lowest BCUT2D eigenvalue weighted by Gasteiger charge is -2.30. The molecule has 0 bridgehead atoms. The van der Waals surface area contributed by atoms with E-state index in [1.54, 1.807) is 0 Å². The lowest BCUT2D eigenvalue weighted by atomic mass is 9.95. The summed E-state index contributed by atoms with van der Waals surface area (Å²) >= 11 is 0. The van der Waals surface area contributed by atoms with E-state index in [0.717, 1.165) is 29.8 Å². The molecule has 140 valence electrons. The molecular weight excluding hydrogens is 330 g/mol. The summed E-state index contributed by atoms with van der Waals surface area (Å²) in [5.74, 6) is 1.10. The molecule has 3 rings (SSSR count). The number of rotatable bonds is 4. The van der Waals surface area contributed by atoms with Crippen LogP contribution in [0.25, 0.3) is 11.1 Å². The number of oxazole rings is 1. The molecule has 2 heterocycles. The second kappa shape index (κ2) is 7.48. The Bertz CT molecular complexity index is 750. The van der Waals surface area contributed by atoms with Crippen LogP contribution in [-0.2, 0) is 9.59 Å². The van der Waals surface area contributed by atoms with Gasteiger partial charge in [-0.15, -0.1) is 0 Å². The maximum atomic E-state index is 12.3. The van der Waals surface area contributed by atoms with Crippen molar-refractivity contribution < 1.29 is 14.0 Å². The van der Waals surface area contributed by atoms with E-state index in [2.05, 4.69) is 10.3 Å². The molecule has 0 saturated carbocycles. The maximum absolute atomic E-state index is 12.3. The van der Waals surface area contributed by atoms with Crippen molar-refractivity contribution in [2.45, 2.75) is 46.0 Å². The minimum Gasteiger partial charge on any atom is -0.440 e. The maximum Gasteiger partial charge on any atom is 0.225 e. The number of hydrogen-bond acceptors (Lipinski definition) is 4. The Hall–Kier alpha value is -2.37. The van der Waals surface area contributed by atoms with Crippen LogP contribution in [0.3, 0.4) is 0 Å². The number of carbonyl (C=O) groups is 2. The van der Waals surface area contributed by atoms with Gasteiger partial charge in [-0.05, 0) is 25.0 Å². The van der Waals surface area contributed by atoms with Gasteiger partial charge in [0.25, 0.3) is 0 Å². The summed E-state index contributed by atoms with van der Waals surface area (Å²) in [6.07, 6.45) is 2.05. The summed E-state index contributed by atoms with van der Waals surface area (Å²) in [5, 5.41) is 2.83. The number of aromatic nitrogens is 1. The van der Waals surface area contributed by atoms with Crippen molar-refractivity contribution in [1.82, 2.24) is 15.2 Å². The van der Waals surface area contributed by atoms with Crippen molar-refractivity contribution in [3.8, 4) is 0 Å². The molecule has 0 atom stereocenters. The minimum absolute atomic E-state index is 0.0278. The van der Waals surface area contributed by atoms with E-state index in [0.29, 0.717) is 26.1 Å². The summed E-state index contributed by atoms with van der Waals surface area (Å²) in [6.45, 7) is 7.38. The van der Waals surface area contributed by atoms with Crippen LogP contribution in [0.1, 0.15) is 51.8 Å². The van der Waals surface area contributed by atoms with E-state index < -0.39 is 5.41 Å². The fourth-order valence-electron chi connectivity index (χ4n) is 3.15. The lowest BCUT2D eigenvalue weighted by molar-refractivity contribution is -0.132. The van der Waals surface area contributed by atoms with Crippen molar-refractivity contribution >= 4 is 22.9 Å². The molecule has 0 aliphatic carbocycles. The van der Waals surface area contributed by atoms with Gasteiger partial charge in [-0.3, -0.25) is 9.59 Å². The number of piperidine rings is 1. The fourth-order valence-corrected chi connectivity index (χ4v) is 3.15. The Morgan fingerprint density at radius 3 is 2.58 bits per heavy atom. The summed E-state index contributed by atoms with van der Waals surface area (Å²) in [4.78, 5) is 30.6. The highest BCUT2D eigenvalue weighted by Gasteiger charge is 2.27. The van der Waals surface area contributed by atoms with Gasteiger partial charge in [-0.1, -0.05) is 32.9 Å². The van der Waals surface area contributed by atoms with Crippen molar-refractivity contribution in [3.05, 3.63) is 30.2 Å². The molecule has 1 aliphatic rings. The zero-order valence-corrected chi connectivity index (χ0v) is 15.7. The minimum atomic E-state index is -0.430. The van der Waals surface area contributed by atoms with Crippen LogP contribution < -0.4 is 5.32 Å². The summed E-state index contributed by atoms with van der Waals surface area (Å²) < 4.78 is 5.86. The van der Waals surface area contributed by atoms with Crippen LogP contribution in [0.2, 0.25) is 0 Å². The molecule has 26 heavy (non-hydrogen) atoms. The third kappa shape index (κ3) is 4.23. The average Bonchev–Trinajstić information content (AvgIpc) is 3.05. The first-order chi connectivity index (χ1) is 12.3. The quantitative estimate of drug-likeness (QED) is 0.912. The second-order valence-electron chi connectivity index (χ2n) is 7.93. The van der Waals surface area contributed by atoms with E-state index in [4.69, 9.17) is 4.42 Å². The molecule has 2 aromatic rings. The number of fused-ring (bicyclic) bond motifs is 1. The van der Waals surface area contributed by atoms with E-state index in [-0.39, 0.29) is 17.7 Å². The Labute approximate surface area is 153 Å². The van der Waals surface area contributed by atoms with E-state index in [9.17, 15) is 9.59 Å². The predicted octanol–water partition coefficient (Wildman–Crippen LogP) is 3.09. The van der Waals surface area contributed by atoms with Gasteiger partial charge in [0.1, 0.15) is 5.52 Å². The van der Waals surface area contributed by atoms with Crippen molar-refractivity contribution in [2.75, 3.05) is 19.6 Å². The summed E-state index contributed by atoms with van der Waals surface area (Å²) in [5.41, 5.74) is 1.27. The van der Waals surface area contributed by atoms with Gasteiger partial charge in [0.05, 0.1) is 0 Å². The standard InChI is InChI=1S/C20H27N3O3/c1-20(2,3)19(25)21-11-8-17(24)23-12-9-14(10-13-23)18-22-15-6-4-5-7-16(15)26-18/h4-7,14H,8-13H2,1-3H3,(H,21,25). The van der Waals surface area contributed by atoms with Gasteiger partial charge in [0.15, 0.2) is 11.5 Å². The van der Waals surface area contributed by atoms with Crippen LogP contribution in [0, 0.1) is 5.41 Å². The van der Waals surface area contributed by atoms with Crippen LogP contribution in [0.4, 0.5) is 0 Å². The molecule has 0 unspecified atom stereocenters. The highest BCUT2D eigenvalue weighted by Crippen LogP contribution is 2.30. The van der Waals surface area contributed by atoms with Crippen LogP contribution in [0.15, 0.2) is 28.7 Å². The number of nitrogens with zero attached hydrogens (tertiary/aromatic N) is 2. The molecule has 1 saturated heterocycles. The molecular formula is C20H27N3O3. The van der Waals surface area contributed by atoms with E-state index in [1.165, 1.54) is 0 Å². The second-order valence-corrected chi connectivity index (χ2v) is 7.93. The smallest absolute Gasteiger partial charge is 0.225 e. The van der Waals surface area contributed by atoms with Crippen LogP contribution in [-0.4, -0.2) is 41.3 Å². The van der Waals surface area contributed by atoms with Crippen LogP contribution in [0.5, 0.6) is 0 Å². The number of para-hydroxylation sites is 2. The first kappa shape index (κ1) is 18.4. The molecule has 1 fully saturated rings. The number of likely N-dealkylation sites (tertiary alicyclic amines) is 1. The van der Waals surface area contributed by atoms with Crippen molar-refractivity contribution in [3.63, 3.8) is 0 Å². The van der Waals surface area contributed by atoms with Gasteiger partial charge >= 0.3 is 0 Å². The molecule has 0 radical (unpaired) electrons. The fraction of sp³-hybridized carbons (Fsp3) is 0.550. The van der Waals surface area contributed by atoms with Crippen molar-refractivity contribution in [1.29, 1.82) is 0 Å². The summed E-state index contributed by atoms with van der Waals surface area (Å²) in [7, 11) is 0. The SMILES string of the molecule is CC(C)(C)C(=O)NCCC(=O)N1CCC(c2nc3ccccc3o2)CC1. The lowest BCUT2D eigenvalue weighted by Crippen LogP contribution is -2.41. The highest BCUT2D eigenvalue weighted by molar-refractivity contribution is 5.82. The van der Waals surface area contributed by atoms with E-state index in [1.807, 2.05) is 49.9 Å². The first-order valence-corrected chi connectivity index (χ1v) is 9.26. The molecule has 1 aromatic heterocycles. The molecule has 1 N–H and O–H groups in total. The largest absolute Gasteiger partial charge is 0.440 e. The van der Waals surface area contributed by atoms with Crippen molar-refractivity contribution in [2.24, 2.45) is 5.41 Å². The van der Waals surface area contributed by atoms with Gasteiger partial charge in [-0.25, -0.2) is 4.98 Å². The zero-order chi connectivity index (χ0) is 18.7. The molecule has 6 heteroatoms. The number of nitrogens with one attached hydrogen (secondary N) is 1. The third-order valence-corrected chi connectivity index (χ3v) is 4.81. The number of carbonyl (C=O) groups excluding carboxylic acids is 2. The Morgan fingerprint density at radius 2 is 1.92 bits per heavy atom. The normalized spacial score (nSPS) is 16.0.